The van der Waals surface area contributed by atoms with Crippen molar-refractivity contribution in [1.29, 1.82) is 0 Å². The summed E-state index contributed by atoms with van der Waals surface area (Å²) in [5.41, 5.74) is 1.09. The van der Waals surface area contributed by atoms with Crippen LogP contribution in [-0.4, -0.2) is 28.2 Å². The lowest BCUT2D eigenvalue weighted by Crippen LogP contribution is -2.00. The molecule has 0 fully saturated rings. The Labute approximate surface area is 132 Å². The van der Waals surface area contributed by atoms with E-state index in [-0.39, 0.29) is 0 Å². The maximum Gasteiger partial charge on any atom is 0.216 e. The Morgan fingerprint density at radius 1 is 1.36 bits per heavy atom. The smallest absolute Gasteiger partial charge is 0.216 e. The van der Waals surface area contributed by atoms with Crippen molar-refractivity contribution in [2.45, 2.75) is 6.42 Å². The Kier molecular flexibility index (Phi) is 4.15. The summed E-state index contributed by atoms with van der Waals surface area (Å²) >= 11 is 5.20. The Balaban J connectivity index is 1.83. The first-order chi connectivity index (χ1) is 10.8. The van der Waals surface area contributed by atoms with Crippen molar-refractivity contribution in [3.63, 3.8) is 0 Å². The van der Waals surface area contributed by atoms with Crippen LogP contribution in [0.5, 0.6) is 5.75 Å². The fraction of sp³-hybridized carbons (Fsp3) is 0.133. The lowest BCUT2D eigenvalue weighted by Gasteiger charge is -2.03. The molecule has 0 aliphatic carbocycles. The number of rotatable bonds is 5. The van der Waals surface area contributed by atoms with Gasteiger partial charge in [-0.3, -0.25) is 5.10 Å². The molecule has 1 N–H and O–H groups in total. The molecule has 0 spiro atoms. The molecule has 6 nitrogen and oxygen atoms in total. The lowest BCUT2D eigenvalue weighted by atomic mass is 10.1. The molecule has 1 aromatic carbocycles. The van der Waals surface area contributed by atoms with Gasteiger partial charge in [0.05, 0.1) is 19.6 Å². The summed E-state index contributed by atoms with van der Waals surface area (Å²) in [5.74, 6) is 2.19. The summed E-state index contributed by atoms with van der Waals surface area (Å²) in [6.07, 6.45) is 3.80. The average molecular weight is 314 g/mol. The molecule has 112 valence electrons. The molecule has 0 unspecified atom stereocenters. The molecule has 0 atom stereocenters. The number of aromatic amines is 1. The number of hydrogen-bond acceptors (Lipinski definition) is 5. The molecule has 3 rings (SSSR count). The normalized spacial score (nSPS) is 11.1. The Morgan fingerprint density at radius 2 is 2.18 bits per heavy atom. The summed E-state index contributed by atoms with van der Waals surface area (Å²) in [4.78, 5) is 0. The number of ether oxygens (including phenoxy) is 1. The second-order valence-corrected chi connectivity index (χ2v) is 4.93. The van der Waals surface area contributed by atoms with Gasteiger partial charge < -0.3 is 9.15 Å². The Bertz CT molecular complexity index is 816. The molecule has 7 heteroatoms. The van der Waals surface area contributed by atoms with E-state index in [1.165, 1.54) is 0 Å². The molecular weight excluding hydrogens is 300 g/mol. The molecular formula is C15H14N4O2S. The van der Waals surface area contributed by atoms with Crippen LogP contribution in [0.3, 0.4) is 0 Å². The molecule has 0 saturated heterocycles. The van der Waals surface area contributed by atoms with Crippen molar-refractivity contribution in [3.8, 4) is 5.75 Å². The van der Waals surface area contributed by atoms with Crippen LogP contribution in [0.2, 0.25) is 0 Å². The fourth-order valence-electron chi connectivity index (χ4n) is 1.96. The molecule has 0 aliphatic rings. The zero-order chi connectivity index (χ0) is 15.4. The Morgan fingerprint density at radius 3 is 2.86 bits per heavy atom. The summed E-state index contributed by atoms with van der Waals surface area (Å²) in [5, 5.41) is 11.3. The first kappa shape index (κ1) is 14.3. The predicted molar refractivity (Wildman–Crippen MR) is 84.9 cm³/mol. The fourth-order valence-corrected chi connectivity index (χ4v) is 2.16. The van der Waals surface area contributed by atoms with Crippen LogP contribution in [0.4, 0.5) is 0 Å². The third-order valence-corrected chi connectivity index (χ3v) is 3.35. The number of methoxy groups -OCH3 is 1. The van der Waals surface area contributed by atoms with Gasteiger partial charge in [-0.25, -0.2) is 0 Å². The van der Waals surface area contributed by atoms with Crippen molar-refractivity contribution in [2.75, 3.05) is 7.11 Å². The number of H-pyrrole nitrogens is 1. The van der Waals surface area contributed by atoms with E-state index < -0.39 is 0 Å². The summed E-state index contributed by atoms with van der Waals surface area (Å²) in [6.45, 7) is 0. The number of furan rings is 1. The largest absolute Gasteiger partial charge is 0.497 e. The molecule has 0 amide bonds. The van der Waals surface area contributed by atoms with E-state index in [2.05, 4.69) is 15.3 Å². The van der Waals surface area contributed by atoms with Crippen LogP contribution in [0, 0.1) is 4.77 Å². The summed E-state index contributed by atoms with van der Waals surface area (Å²) in [6, 6.07) is 11.4. The SMILES string of the molecule is COc1ccc(Cc2n[nH]c(=S)n2/N=C\c2ccco2)cc1. The zero-order valence-electron chi connectivity index (χ0n) is 11.9. The number of hydrogen-bond donors (Lipinski definition) is 1. The van der Waals surface area contributed by atoms with Gasteiger partial charge in [-0.2, -0.15) is 14.9 Å². The van der Waals surface area contributed by atoms with Crippen LogP contribution in [0.1, 0.15) is 17.1 Å². The first-order valence-electron chi connectivity index (χ1n) is 6.63. The van der Waals surface area contributed by atoms with E-state index in [4.69, 9.17) is 21.4 Å². The maximum absolute atomic E-state index is 5.21. The van der Waals surface area contributed by atoms with Crippen LogP contribution in [0.15, 0.2) is 52.2 Å². The third-order valence-electron chi connectivity index (χ3n) is 3.08. The zero-order valence-corrected chi connectivity index (χ0v) is 12.7. The van der Waals surface area contributed by atoms with Crippen LogP contribution in [-0.2, 0) is 6.42 Å². The lowest BCUT2D eigenvalue weighted by molar-refractivity contribution is 0.414. The van der Waals surface area contributed by atoms with E-state index in [0.29, 0.717) is 17.0 Å². The molecule has 22 heavy (non-hydrogen) atoms. The molecule has 0 saturated carbocycles. The van der Waals surface area contributed by atoms with Gasteiger partial charge in [0.2, 0.25) is 4.77 Å². The van der Waals surface area contributed by atoms with Gasteiger partial charge in [0.25, 0.3) is 0 Å². The molecule has 0 radical (unpaired) electrons. The van der Waals surface area contributed by atoms with Crippen molar-refractivity contribution in [2.24, 2.45) is 5.10 Å². The van der Waals surface area contributed by atoms with E-state index in [1.54, 1.807) is 30.3 Å². The van der Waals surface area contributed by atoms with Gasteiger partial charge in [0, 0.05) is 6.42 Å². The molecule has 3 aromatic rings. The molecule has 0 bridgehead atoms. The van der Waals surface area contributed by atoms with Crippen LogP contribution < -0.4 is 4.74 Å². The maximum atomic E-state index is 5.21. The number of nitrogens with one attached hydrogen (secondary N) is 1. The van der Waals surface area contributed by atoms with E-state index in [0.717, 1.165) is 17.1 Å². The highest BCUT2D eigenvalue weighted by Crippen LogP contribution is 2.14. The highest BCUT2D eigenvalue weighted by molar-refractivity contribution is 7.71. The van der Waals surface area contributed by atoms with E-state index >= 15 is 0 Å². The van der Waals surface area contributed by atoms with E-state index in [9.17, 15) is 0 Å². The van der Waals surface area contributed by atoms with Crippen molar-refractivity contribution >= 4 is 18.4 Å². The number of nitrogens with zero attached hydrogens (tertiary/aromatic N) is 3. The Hall–Kier alpha value is -2.67. The van der Waals surface area contributed by atoms with Gasteiger partial charge in [0.15, 0.2) is 5.82 Å². The van der Waals surface area contributed by atoms with Crippen molar-refractivity contribution in [3.05, 3.63) is 64.6 Å². The highest BCUT2D eigenvalue weighted by atomic mass is 32.1. The molecule has 2 aromatic heterocycles. The van der Waals surface area contributed by atoms with Crippen molar-refractivity contribution < 1.29 is 9.15 Å². The second kappa shape index (κ2) is 6.40. The molecule has 0 aliphatic heterocycles. The van der Waals surface area contributed by atoms with Gasteiger partial charge in [-0.15, -0.1) is 0 Å². The van der Waals surface area contributed by atoms with Gasteiger partial charge in [-0.1, -0.05) is 12.1 Å². The van der Waals surface area contributed by atoms with Crippen LogP contribution >= 0.6 is 12.2 Å². The highest BCUT2D eigenvalue weighted by Gasteiger charge is 2.06. The minimum Gasteiger partial charge on any atom is -0.497 e. The van der Waals surface area contributed by atoms with Gasteiger partial charge in [-0.05, 0) is 42.0 Å². The topological polar surface area (TPSA) is 68.3 Å². The van der Waals surface area contributed by atoms with Crippen LogP contribution in [0.25, 0.3) is 0 Å². The van der Waals surface area contributed by atoms with E-state index in [1.807, 2.05) is 30.3 Å². The van der Waals surface area contributed by atoms with Crippen molar-refractivity contribution in [1.82, 2.24) is 14.9 Å². The molecule has 2 heterocycles. The summed E-state index contributed by atoms with van der Waals surface area (Å²) in [7, 11) is 1.64. The first-order valence-corrected chi connectivity index (χ1v) is 7.04. The number of benzene rings is 1. The second-order valence-electron chi connectivity index (χ2n) is 4.54. The van der Waals surface area contributed by atoms with Gasteiger partial charge in [0.1, 0.15) is 11.5 Å². The predicted octanol–water partition coefficient (Wildman–Crippen LogP) is 3.02. The standard InChI is InChI=1S/C15H14N4O2S/c1-20-12-6-4-11(5-7-12)9-14-17-18-15(22)19(14)16-10-13-3-2-8-21-13/h2-8,10H,9H2,1H3,(H,18,22)/b16-10-. The minimum atomic E-state index is 0.436. The average Bonchev–Trinajstić information content (AvgIpc) is 3.17. The number of aromatic nitrogens is 3. The third kappa shape index (κ3) is 3.15. The monoisotopic (exact) mass is 314 g/mol. The minimum absolute atomic E-state index is 0.436. The van der Waals surface area contributed by atoms with Gasteiger partial charge >= 0.3 is 0 Å². The summed E-state index contributed by atoms with van der Waals surface area (Å²) < 4.78 is 12.4. The quantitative estimate of drug-likeness (QED) is 0.580.